The number of hydrogen-bond acceptors (Lipinski definition) is 5. The van der Waals surface area contributed by atoms with Crippen LogP contribution < -0.4 is 5.32 Å². The Morgan fingerprint density at radius 2 is 1.71 bits per heavy atom. The molecule has 3 aromatic rings. The predicted molar refractivity (Wildman–Crippen MR) is 104 cm³/mol. The molecule has 8 nitrogen and oxygen atoms in total. The van der Waals surface area contributed by atoms with E-state index in [1.165, 1.54) is 25.1 Å². The molecule has 0 aliphatic rings. The third kappa shape index (κ3) is 3.39. The third-order valence-corrected chi connectivity index (χ3v) is 4.48. The van der Waals surface area contributed by atoms with Crippen LogP contribution in [0.4, 0.5) is 11.4 Å². The SMILES string of the molecule is Cc1nn(-c2ccccc2)c(C)c1C(=O)C(=O)Nc1cccc([N+](=O)[O-])c1C. The Bertz CT molecular complexity index is 1090. The quantitative estimate of drug-likeness (QED) is 0.316. The molecule has 0 bridgehead atoms. The van der Waals surface area contributed by atoms with Crippen LogP contribution in [0.3, 0.4) is 0 Å². The lowest BCUT2D eigenvalue weighted by molar-refractivity contribution is -0.385. The zero-order valence-electron chi connectivity index (χ0n) is 15.6. The summed E-state index contributed by atoms with van der Waals surface area (Å²) in [7, 11) is 0. The molecule has 8 heteroatoms. The van der Waals surface area contributed by atoms with E-state index in [9.17, 15) is 19.7 Å². The molecule has 1 heterocycles. The minimum absolute atomic E-state index is 0.130. The van der Waals surface area contributed by atoms with Crippen LogP contribution in [0.15, 0.2) is 48.5 Å². The Labute approximate surface area is 161 Å². The standard InChI is InChI=1S/C20H18N4O4/c1-12-16(10-7-11-17(12)24(27)28)21-20(26)19(25)18-13(2)22-23(14(18)3)15-8-5-4-6-9-15/h4-11H,1-3H3,(H,21,26). The number of aryl methyl sites for hydroxylation is 1. The maximum atomic E-state index is 12.8. The van der Waals surface area contributed by atoms with Crippen molar-refractivity contribution < 1.29 is 14.5 Å². The molecule has 0 saturated carbocycles. The van der Waals surface area contributed by atoms with Gasteiger partial charge in [-0.25, -0.2) is 4.68 Å². The second-order valence-corrected chi connectivity index (χ2v) is 6.28. The lowest BCUT2D eigenvalue weighted by atomic mass is 10.1. The van der Waals surface area contributed by atoms with E-state index in [0.717, 1.165) is 5.69 Å². The second-order valence-electron chi connectivity index (χ2n) is 6.28. The summed E-state index contributed by atoms with van der Waals surface area (Å²) in [6, 6.07) is 13.6. The molecule has 142 valence electrons. The van der Waals surface area contributed by atoms with Crippen LogP contribution >= 0.6 is 0 Å². The van der Waals surface area contributed by atoms with Crippen molar-refractivity contribution in [1.29, 1.82) is 0 Å². The van der Waals surface area contributed by atoms with Crippen molar-refractivity contribution in [3.8, 4) is 5.69 Å². The zero-order chi connectivity index (χ0) is 20.4. The number of anilines is 1. The number of benzene rings is 2. The van der Waals surface area contributed by atoms with Crippen LogP contribution in [0, 0.1) is 30.9 Å². The van der Waals surface area contributed by atoms with E-state index in [1.807, 2.05) is 30.3 Å². The van der Waals surface area contributed by atoms with Gasteiger partial charge in [-0.3, -0.25) is 19.7 Å². The number of rotatable bonds is 5. The molecule has 0 atom stereocenters. The van der Waals surface area contributed by atoms with Gasteiger partial charge < -0.3 is 5.32 Å². The summed E-state index contributed by atoms with van der Waals surface area (Å²) in [5.41, 5.74) is 2.33. The van der Waals surface area contributed by atoms with E-state index in [-0.39, 0.29) is 22.5 Å². The molecule has 1 N–H and O–H groups in total. The average Bonchev–Trinajstić information content (AvgIpc) is 2.97. The van der Waals surface area contributed by atoms with Gasteiger partial charge in [0.2, 0.25) is 0 Å². The van der Waals surface area contributed by atoms with E-state index >= 15 is 0 Å². The summed E-state index contributed by atoms with van der Waals surface area (Å²) >= 11 is 0. The van der Waals surface area contributed by atoms with Gasteiger partial charge >= 0.3 is 0 Å². The smallest absolute Gasteiger partial charge is 0.296 e. The van der Waals surface area contributed by atoms with Crippen molar-refractivity contribution >= 4 is 23.1 Å². The molecule has 1 aromatic heterocycles. The first-order chi connectivity index (χ1) is 13.3. The molecule has 2 aromatic carbocycles. The van der Waals surface area contributed by atoms with Gasteiger partial charge in [-0.05, 0) is 39.0 Å². The number of nitro groups is 1. The van der Waals surface area contributed by atoms with Gasteiger partial charge in [0.25, 0.3) is 17.4 Å². The number of nitro benzene ring substituents is 1. The maximum Gasteiger partial charge on any atom is 0.296 e. The normalized spacial score (nSPS) is 10.5. The average molecular weight is 378 g/mol. The number of carbonyl (C=O) groups excluding carboxylic acids is 2. The van der Waals surface area contributed by atoms with Gasteiger partial charge in [-0.15, -0.1) is 0 Å². The number of hydrogen-bond donors (Lipinski definition) is 1. The molecule has 0 spiro atoms. The molecule has 0 radical (unpaired) electrons. The summed E-state index contributed by atoms with van der Waals surface area (Å²) in [4.78, 5) is 35.8. The number of nitrogens with zero attached hydrogens (tertiary/aromatic N) is 3. The van der Waals surface area contributed by atoms with Crippen molar-refractivity contribution in [2.45, 2.75) is 20.8 Å². The number of para-hydroxylation sites is 1. The molecular formula is C20H18N4O4. The van der Waals surface area contributed by atoms with E-state index in [2.05, 4.69) is 10.4 Å². The summed E-state index contributed by atoms with van der Waals surface area (Å²) in [5.74, 6) is -1.62. The molecule has 0 fully saturated rings. The minimum atomic E-state index is -0.873. The largest absolute Gasteiger partial charge is 0.319 e. The highest BCUT2D eigenvalue weighted by molar-refractivity contribution is 6.47. The van der Waals surface area contributed by atoms with Crippen molar-refractivity contribution in [3.05, 3.63) is 81.2 Å². The first kappa shape index (κ1) is 19.0. The first-order valence-corrected chi connectivity index (χ1v) is 8.52. The fraction of sp³-hybridized carbons (Fsp3) is 0.150. The Hall–Kier alpha value is -3.81. The highest BCUT2D eigenvalue weighted by Gasteiger charge is 2.26. The molecule has 0 saturated heterocycles. The Morgan fingerprint density at radius 1 is 1.04 bits per heavy atom. The number of ketones is 1. The molecule has 0 aliphatic carbocycles. The van der Waals surface area contributed by atoms with Crippen LogP contribution in [0.25, 0.3) is 5.69 Å². The van der Waals surface area contributed by atoms with E-state index in [0.29, 0.717) is 11.4 Å². The fourth-order valence-electron chi connectivity index (χ4n) is 3.04. The number of amides is 1. The van der Waals surface area contributed by atoms with Gasteiger partial charge in [-0.2, -0.15) is 5.10 Å². The topological polar surface area (TPSA) is 107 Å². The Balaban J connectivity index is 1.91. The molecule has 1 amide bonds. The number of aromatic nitrogens is 2. The molecular weight excluding hydrogens is 360 g/mol. The monoisotopic (exact) mass is 378 g/mol. The highest BCUT2D eigenvalue weighted by atomic mass is 16.6. The van der Waals surface area contributed by atoms with E-state index in [4.69, 9.17) is 0 Å². The van der Waals surface area contributed by atoms with E-state index in [1.54, 1.807) is 18.5 Å². The van der Waals surface area contributed by atoms with Crippen LogP contribution in [-0.2, 0) is 4.79 Å². The summed E-state index contributed by atoms with van der Waals surface area (Å²) in [6.45, 7) is 4.89. The Morgan fingerprint density at radius 3 is 2.36 bits per heavy atom. The van der Waals surface area contributed by atoms with Gasteiger partial charge in [0, 0.05) is 6.07 Å². The van der Waals surface area contributed by atoms with Crippen molar-refractivity contribution in [2.24, 2.45) is 0 Å². The lowest BCUT2D eigenvalue weighted by Gasteiger charge is -2.08. The lowest BCUT2D eigenvalue weighted by Crippen LogP contribution is -2.24. The maximum absolute atomic E-state index is 12.8. The zero-order valence-corrected chi connectivity index (χ0v) is 15.6. The predicted octanol–water partition coefficient (Wildman–Crippen LogP) is 3.53. The summed E-state index contributed by atoms with van der Waals surface area (Å²) < 4.78 is 1.61. The summed E-state index contributed by atoms with van der Waals surface area (Å²) in [5, 5.41) is 17.9. The fourth-order valence-corrected chi connectivity index (χ4v) is 3.04. The van der Waals surface area contributed by atoms with Crippen LogP contribution in [0.2, 0.25) is 0 Å². The van der Waals surface area contributed by atoms with Gasteiger partial charge in [-0.1, -0.05) is 24.3 Å². The second kappa shape index (κ2) is 7.43. The molecule has 0 unspecified atom stereocenters. The van der Waals surface area contributed by atoms with Gasteiger partial charge in [0.15, 0.2) is 0 Å². The molecule has 0 aliphatic heterocycles. The number of nitrogens with one attached hydrogen (secondary N) is 1. The first-order valence-electron chi connectivity index (χ1n) is 8.52. The highest BCUT2D eigenvalue weighted by Crippen LogP contribution is 2.25. The number of carbonyl (C=O) groups is 2. The van der Waals surface area contributed by atoms with Crippen LogP contribution in [-0.4, -0.2) is 26.4 Å². The van der Waals surface area contributed by atoms with Crippen LogP contribution in [0.1, 0.15) is 27.3 Å². The van der Waals surface area contributed by atoms with Crippen LogP contribution in [0.5, 0.6) is 0 Å². The molecule has 28 heavy (non-hydrogen) atoms. The van der Waals surface area contributed by atoms with Crippen molar-refractivity contribution in [1.82, 2.24) is 9.78 Å². The number of Topliss-reactive ketones (excluding diaryl/α,β-unsaturated/α-hetero) is 1. The third-order valence-electron chi connectivity index (χ3n) is 4.48. The summed E-state index contributed by atoms with van der Waals surface area (Å²) in [6.07, 6.45) is 0. The van der Waals surface area contributed by atoms with Gasteiger partial charge in [0.1, 0.15) is 0 Å². The minimum Gasteiger partial charge on any atom is -0.319 e. The Kier molecular flexibility index (Phi) is 5.04. The van der Waals surface area contributed by atoms with Crippen molar-refractivity contribution in [3.63, 3.8) is 0 Å². The van der Waals surface area contributed by atoms with Crippen molar-refractivity contribution in [2.75, 3.05) is 5.32 Å². The molecule has 3 rings (SSSR count). The van der Waals surface area contributed by atoms with Gasteiger partial charge in [0.05, 0.1) is 38.8 Å². The van der Waals surface area contributed by atoms with E-state index < -0.39 is 16.6 Å².